The molecule has 3 rings (SSSR count). The summed E-state index contributed by atoms with van der Waals surface area (Å²) in [6.45, 7) is 1.92. The van der Waals surface area contributed by atoms with Gasteiger partial charge in [0.05, 0.1) is 16.8 Å². The highest BCUT2D eigenvalue weighted by Gasteiger charge is 2.40. The van der Waals surface area contributed by atoms with Crippen molar-refractivity contribution in [1.82, 2.24) is 15.2 Å². The fourth-order valence-electron chi connectivity index (χ4n) is 2.53. The lowest BCUT2D eigenvalue weighted by atomic mass is 9.94. The SMILES string of the molecule is Bc1cccc(-c2cnc([C@]3(C)CC(=O)N(C)C(=N)N3)s2)c1. The van der Waals surface area contributed by atoms with Crippen molar-refractivity contribution in [3.8, 4) is 10.4 Å². The molecule has 0 bridgehead atoms. The molecule has 0 aliphatic carbocycles. The van der Waals surface area contributed by atoms with E-state index in [1.807, 2.05) is 19.2 Å². The maximum atomic E-state index is 12.0. The van der Waals surface area contributed by atoms with Crippen LogP contribution in [0.5, 0.6) is 0 Å². The van der Waals surface area contributed by atoms with Gasteiger partial charge in [0.1, 0.15) is 12.9 Å². The van der Waals surface area contributed by atoms with E-state index in [4.69, 9.17) is 5.41 Å². The van der Waals surface area contributed by atoms with Crippen LogP contribution in [0.2, 0.25) is 0 Å². The lowest BCUT2D eigenvalue weighted by Gasteiger charge is -2.37. The van der Waals surface area contributed by atoms with E-state index in [0.29, 0.717) is 6.42 Å². The quantitative estimate of drug-likeness (QED) is 0.801. The largest absolute Gasteiger partial charge is 0.344 e. The van der Waals surface area contributed by atoms with Gasteiger partial charge in [0.25, 0.3) is 0 Å². The van der Waals surface area contributed by atoms with E-state index >= 15 is 0 Å². The van der Waals surface area contributed by atoms with Crippen molar-refractivity contribution >= 4 is 36.5 Å². The number of benzene rings is 1. The van der Waals surface area contributed by atoms with Gasteiger partial charge >= 0.3 is 0 Å². The Kier molecular flexibility index (Phi) is 3.52. The number of nitrogens with zero attached hydrogens (tertiary/aromatic N) is 2. The van der Waals surface area contributed by atoms with Gasteiger partial charge in [-0.3, -0.25) is 15.1 Å². The van der Waals surface area contributed by atoms with E-state index in [9.17, 15) is 4.79 Å². The molecule has 2 N–H and O–H groups in total. The standard InChI is InChI=1S/C15H17BN4OS/c1-15(7-12(21)20(2)14(17)19-15)13-18-8-11(22-13)9-4-3-5-10(16)6-9/h3-6,8H,7,16H2,1-2H3,(H2,17,19)/t15-/m0/s1. The van der Waals surface area contributed by atoms with Gasteiger partial charge in [-0.1, -0.05) is 29.7 Å². The van der Waals surface area contributed by atoms with Gasteiger partial charge in [-0.2, -0.15) is 0 Å². The van der Waals surface area contributed by atoms with Crippen LogP contribution in [0.25, 0.3) is 10.4 Å². The molecule has 7 heteroatoms. The number of rotatable bonds is 2. The number of hydrogen-bond acceptors (Lipinski definition) is 4. The van der Waals surface area contributed by atoms with Crippen LogP contribution in [0, 0.1) is 5.41 Å². The summed E-state index contributed by atoms with van der Waals surface area (Å²) < 4.78 is 0. The van der Waals surface area contributed by atoms with Crippen LogP contribution in [0.15, 0.2) is 30.5 Å². The highest BCUT2D eigenvalue weighted by Crippen LogP contribution is 2.35. The van der Waals surface area contributed by atoms with Crippen molar-refractivity contribution in [3.05, 3.63) is 35.5 Å². The molecule has 1 atom stereocenters. The minimum atomic E-state index is -0.618. The third-order valence-corrected chi connectivity index (χ3v) is 5.20. The van der Waals surface area contributed by atoms with E-state index in [0.717, 1.165) is 15.4 Å². The highest BCUT2D eigenvalue weighted by atomic mass is 32.1. The molecule has 1 aliphatic rings. The van der Waals surface area contributed by atoms with Crippen LogP contribution in [0.3, 0.4) is 0 Å². The molecule has 1 aromatic carbocycles. The molecule has 1 aromatic heterocycles. The molecular formula is C15H17BN4OS. The second-order valence-electron chi connectivity index (χ2n) is 5.83. The molecule has 1 amide bonds. The first-order chi connectivity index (χ1) is 10.4. The fraction of sp³-hybridized carbons (Fsp3) is 0.267. The predicted molar refractivity (Wildman–Crippen MR) is 91.3 cm³/mol. The molecule has 5 nitrogen and oxygen atoms in total. The molecular weight excluding hydrogens is 295 g/mol. The summed E-state index contributed by atoms with van der Waals surface area (Å²) in [4.78, 5) is 18.9. The molecule has 1 saturated heterocycles. The average molecular weight is 312 g/mol. The molecule has 0 spiro atoms. The average Bonchev–Trinajstić information content (AvgIpc) is 2.95. The molecule has 2 aromatic rings. The van der Waals surface area contributed by atoms with E-state index in [1.54, 1.807) is 18.4 Å². The van der Waals surface area contributed by atoms with Gasteiger partial charge in [-0.05, 0) is 12.5 Å². The van der Waals surface area contributed by atoms with Crippen molar-refractivity contribution < 1.29 is 4.79 Å². The topological polar surface area (TPSA) is 69.1 Å². The summed E-state index contributed by atoms with van der Waals surface area (Å²) >= 11 is 1.56. The Hall–Kier alpha value is -2.15. The first-order valence-electron chi connectivity index (χ1n) is 7.06. The van der Waals surface area contributed by atoms with Gasteiger partial charge in [-0.15, -0.1) is 11.3 Å². The van der Waals surface area contributed by atoms with Gasteiger partial charge in [0, 0.05) is 13.2 Å². The Morgan fingerprint density at radius 1 is 1.50 bits per heavy atom. The Morgan fingerprint density at radius 3 is 2.95 bits per heavy atom. The third kappa shape index (κ3) is 2.52. The summed E-state index contributed by atoms with van der Waals surface area (Å²) in [5, 5.41) is 11.8. The number of amides is 1. The zero-order chi connectivity index (χ0) is 15.9. The van der Waals surface area contributed by atoms with Gasteiger partial charge in [-0.25, -0.2) is 4.98 Å². The van der Waals surface area contributed by atoms with Crippen LogP contribution >= 0.6 is 11.3 Å². The Bertz CT molecular complexity index is 740. The van der Waals surface area contributed by atoms with Crippen molar-refractivity contribution in [2.45, 2.75) is 18.9 Å². The second kappa shape index (κ2) is 5.24. The van der Waals surface area contributed by atoms with Gasteiger partial charge < -0.3 is 5.32 Å². The predicted octanol–water partition coefficient (Wildman–Crippen LogP) is 0.670. The van der Waals surface area contributed by atoms with E-state index in [2.05, 4.69) is 36.3 Å². The van der Waals surface area contributed by atoms with E-state index in [-0.39, 0.29) is 11.9 Å². The molecule has 0 saturated carbocycles. The summed E-state index contributed by atoms with van der Waals surface area (Å²) in [5.74, 6) is 0.0459. The highest BCUT2D eigenvalue weighted by molar-refractivity contribution is 7.15. The van der Waals surface area contributed by atoms with Crippen LogP contribution in [-0.2, 0) is 10.3 Å². The molecule has 1 aliphatic heterocycles. The number of aromatic nitrogens is 1. The van der Waals surface area contributed by atoms with Crippen molar-refractivity contribution in [2.75, 3.05) is 7.05 Å². The molecule has 22 heavy (non-hydrogen) atoms. The molecule has 0 unspecified atom stereocenters. The Balaban J connectivity index is 1.93. The smallest absolute Gasteiger partial charge is 0.231 e. The summed E-state index contributed by atoms with van der Waals surface area (Å²) in [5.41, 5.74) is 1.71. The number of guanidine groups is 1. The van der Waals surface area contributed by atoms with Crippen LogP contribution < -0.4 is 10.8 Å². The Labute approximate surface area is 134 Å². The van der Waals surface area contributed by atoms with Gasteiger partial charge in [0.2, 0.25) is 5.91 Å². The molecule has 1 fully saturated rings. The van der Waals surface area contributed by atoms with Gasteiger partial charge in [0.15, 0.2) is 5.96 Å². The zero-order valence-corrected chi connectivity index (χ0v) is 13.6. The normalized spacial score (nSPS) is 21.8. The van der Waals surface area contributed by atoms with Crippen LogP contribution in [-0.4, -0.2) is 36.6 Å². The fourth-order valence-corrected chi connectivity index (χ4v) is 3.54. The second-order valence-corrected chi connectivity index (χ2v) is 6.87. The maximum absolute atomic E-state index is 12.0. The zero-order valence-electron chi connectivity index (χ0n) is 12.8. The summed E-state index contributed by atoms with van der Waals surface area (Å²) in [7, 11) is 3.67. The number of nitrogens with one attached hydrogen (secondary N) is 2. The first-order valence-corrected chi connectivity index (χ1v) is 7.87. The van der Waals surface area contributed by atoms with Crippen LogP contribution in [0.4, 0.5) is 0 Å². The molecule has 2 heterocycles. The number of carbonyl (C=O) groups is 1. The molecule has 112 valence electrons. The van der Waals surface area contributed by atoms with Crippen molar-refractivity contribution in [3.63, 3.8) is 0 Å². The maximum Gasteiger partial charge on any atom is 0.231 e. The van der Waals surface area contributed by atoms with E-state index < -0.39 is 5.54 Å². The summed E-state index contributed by atoms with van der Waals surface area (Å²) in [6, 6.07) is 8.26. The summed E-state index contributed by atoms with van der Waals surface area (Å²) in [6.07, 6.45) is 2.14. The minimum Gasteiger partial charge on any atom is -0.344 e. The minimum absolute atomic E-state index is 0.0708. The third-order valence-electron chi connectivity index (χ3n) is 3.89. The van der Waals surface area contributed by atoms with Crippen LogP contribution in [0.1, 0.15) is 18.4 Å². The van der Waals surface area contributed by atoms with E-state index in [1.165, 1.54) is 10.4 Å². The first kappa shape index (κ1) is 14.8. The number of hydrogen-bond donors (Lipinski definition) is 2. The number of carbonyl (C=O) groups excluding carboxylic acids is 1. The lowest BCUT2D eigenvalue weighted by molar-refractivity contribution is -0.129. The Morgan fingerprint density at radius 2 is 2.27 bits per heavy atom. The molecule has 0 radical (unpaired) electrons. The van der Waals surface area contributed by atoms with Crippen molar-refractivity contribution in [1.29, 1.82) is 5.41 Å². The van der Waals surface area contributed by atoms with Crippen molar-refractivity contribution in [2.24, 2.45) is 0 Å². The monoisotopic (exact) mass is 312 g/mol. The lowest BCUT2D eigenvalue weighted by Crippen LogP contribution is -2.58. The number of thiazole rings is 1.